The SMILES string of the molecule is O=C(O[C@@H]1[C@@H](OCc2ccc3ccccc3c2)[C@@H]2O[C@H](c3ccccc3)OC[C@H]2O[C@H]1Sc1ccccc1)c1ccccc1. The molecule has 0 amide bonds. The van der Waals surface area contributed by atoms with Gasteiger partial charge in [-0.15, -0.1) is 0 Å². The molecule has 2 heterocycles. The van der Waals surface area contributed by atoms with Crippen LogP contribution in [0.3, 0.4) is 0 Å². The van der Waals surface area contributed by atoms with E-state index in [0.29, 0.717) is 18.8 Å². The number of thioether (sulfide) groups is 1. The van der Waals surface area contributed by atoms with Crippen molar-refractivity contribution in [2.75, 3.05) is 6.61 Å². The molecule has 5 aromatic rings. The maximum Gasteiger partial charge on any atom is 0.338 e. The maximum absolute atomic E-state index is 13.5. The summed E-state index contributed by atoms with van der Waals surface area (Å²) in [4.78, 5) is 14.5. The number of rotatable bonds is 8. The van der Waals surface area contributed by atoms with Crippen molar-refractivity contribution in [3.63, 3.8) is 0 Å². The molecule has 2 saturated heterocycles. The van der Waals surface area contributed by atoms with E-state index in [4.69, 9.17) is 23.7 Å². The first-order chi connectivity index (χ1) is 21.7. The van der Waals surface area contributed by atoms with Gasteiger partial charge in [0.2, 0.25) is 0 Å². The standard InChI is InChI=1S/C37H32O6S/c38-35(27-13-4-1-5-14-27)42-34-33(39-23-25-20-21-26-12-10-11-17-29(26)22-25)32-31(41-37(34)44-30-18-8-3-9-19-30)24-40-36(43-32)28-15-6-2-7-16-28/h1-22,31-34,36-37H,23-24H2/t31-,32-,33+,34-,36-,37+/m1/s1. The van der Waals surface area contributed by atoms with E-state index in [0.717, 1.165) is 26.8 Å². The van der Waals surface area contributed by atoms with E-state index in [1.165, 1.54) is 11.8 Å². The van der Waals surface area contributed by atoms with Crippen LogP contribution in [0.4, 0.5) is 0 Å². The van der Waals surface area contributed by atoms with Crippen molar-refractivity contribution in [1.82, 2.24) is 0 Å². The highest BCUT2D eigenvalue weighted by atomic mass is 32.2. The first-order valence-electron chi connectivity index (χ1n) is 14.8. The third kappa shape index (κ3) is 6.43. The van der Waals surface area contributed by atoms with Crippen LogP contribution < -0.4 is 0 Å². The summed E-state index contributed by atoms with van der Waals surface area (Å²) in [6, 6.07) is 43.3. The topological polar surface area (TPSA) is 63.2 Å². The lowest BCUT2D eigenvalue weighted by atomic mass is 9.98. The molecule has 0 spiro atoms. The molecule has 0 N–H and O–H groups in total. The summed E-state index contributed by atoms with van der Waals surface area (Å²) >= 11 is 1.50. The Bertz CT molecular complexity index is 1680. The summed E-state index contributed by atoms with van der Waals surface area (Å²) in [5, 5.41) is 2.30. The Morgan fingerprint density at radius 2 is 1.41 bits per heavy atom. The van der Waals surface area contributed by atoms with Gasteiger partial charge in [0.1, 0.15) is 23.7 Å². The second-order valence-corrected chi connectivity index (χ2v) is 12.0. The fourth-order valence-corrected chi connectivity index (χ4v) is 6.78. The number of carbonyl (C=O) groups excluding carboxylic acids is 1. The maximum atomic E-state index is 13.5. The van der Waals surface area contributed by atoms with Gasteiger partial charge in [0.25, 0.3) is 0 Å². The summed E-state index contributed by atoms with van der Waals surface area (Å²) in [7, 11) is 0. The summed E-state index contributed by atoms with van der Waals surface area (Å²) in [6.45, 7) is 0.617. The molecule has 0 saturated carbocycles. The number of ether oxygens (including phenoxy) is 5. The molecular formula is C37H32O6S. The second kappa shape index (κ2) is 13.3. The minimum Gasteiger partial charge on any atom is -0.452 e. The van der Waals surface area contributed by atoms with Gasteiger partial charge in [-0.05, 0) is 46.7 Å². The van der Waals surface area contributed by atoms with Gasteiger partial charge in [0.15, 0.2) is 12.4 Å². The average molecular weight is 605 g/mol. The zero-order chi connectivity index (χ0) is 29.7. The highest BCUT2D eigenvalue weighted by Gasteiger charge is 2.52. The molecule has 44 heavy (non-hydrogen) atoms. The third-order valence-electron chi connectivity index (χ3n) is 7.86. The van der Waals surface area contributed by atoms with Gasteiger partial charge >= 0.3 is 5.97 Å². The lowest BCUT2D eigenvalue weighted by Crippen LogP contribution is -2.62. The van der Waals surface area contributed by atoms with E-state index >= 15 is 0 Å². The molecule has 0 radical (unpaired) electrons. The minimum absolute atomic E-state index is 0.307. The lowest BCUT2D eigenvalue weighted by molar-refractivity contribution is -0.324. The molecule has 0 bridgehead atoms. The number of esters is 1. The van der Waals surface area contributed by atoms with Crippen molar-refractivity contribution < 1.29 is 28.5 Å². The number of fused-ring (bicyclic) bond motifs is 2. The van der Waals surface area contributed by atoms with E-state index in [1.807, 2.05) is 91.0 Å². The fraction of sp³-hybridized carbons (Fsp3) is 0.216. The smallest absolute Gasteiger partial charge is 0.338 e. The number of hydrogen-bond donors (Lipinski definition) is 0. The van der Waals surface area contributed by atoms with E-state index < -0.39 is 42.1 Å². The Labute approximate surface area is 260 Å². The van der Waals surface area contributed by atoms with Crippen LogP contribution in [0.15, 0.2) is 138 Å². The van der Waals surface area contributed by atoms with Gasteiger partial charge in [-0.2, -0.15) is 0 Å². The molecule has 2 aliphatic rings. The summed E-state index contributed by atoms with van der Waals surface area (Å²) < 4.78 is 32.4. The molecule has 7 rings (SSSR count). The van der Waals surface area contributed by atoms with Crippen LogP contribution in [-0.2, 0) is 30.3 Å². The van der Waals surface area contributed by atoms with Crippen LogP contribution in [0.5, 0.6) is 0 Å². The highest BCUT2D eigenvalue weighted by Crippen LogP contribution is 2.41. The molecule has 6 nitrogen and oxygen atoms in total. The van der Waals surface area contributed by atoms with E-state index in [1.54, 1.807) is 12.1 Å². The molecule has 0 aliphatic carbocycles. The van der Waals surface area contributed by atoms with Gasteiger partial charge in [-0.1, -0.05) is 115 Å². The van der Waals surface area contributed by atoms with Crippen molar-refractivity contribution in [3.05, 3.63) is 150 Å². The van der Waals surface area contributed by atoms with Crippen molar-refractivity contribution >= 4 is 28.5 Å². The molecule has 222 valence electrons. The second-order valence-electron chi connectivity index (χ2n) is 10.8. The van der Waals surface area contributed by atoms with Gasteiger partial charge in [0.05, 0.1) is 18.8 Å². The summed E-state index contributed by atoms with van der Waals surface area (Å²) in [6.07, 6.45) is -2.98. The molecule has 7 heteroatoms. The number of benzene rings is 5. The number of carbonyl (C=O) groups is 1. The first-order valence-corrected chi connectivity index (χ1v) is 15.6. The Kier molecular flexibility index (Phi) is 8.72. The monoisotopic (exact) mass is 604 g/mol. The van der Waals surface area contributed by atoms with E-state index in [2.05, 4.69) is 30.3 Å². The molecule has 0 unspecified atom stereocenters. The van der Waals surface area contributed by atoms with E-state index in [9.17, 15) is 4.79 Å². The summed E-state index contributed by atoms with van der Waals surface area (Å²) in [5.74, 6) is -0.442. The quantitative estimate of drug-likeness (QED) is 0.169. The third-order valence-corrected chi connectivity index (χ3v) is 9.02. The zero-order valence-corrected chi connectivity index (χ0v) is 24.8. The van der Waals surface area contributed by atoms with Gasteiger partial charge in [0, 0.05) is 10.5 Å². The van der Waals surface area contributed by atoms with Crippen molar-refractivity contribution in [2.45, 2.75) is 47.6 Å². The summed E-state index contributed by atoms with van der Waals surface area (Å²) in [5.41, 5.74) is 1.81. The Balaban J connectivity index is 1.22. The van der Waals surface area contributed by atoms with Gasteiger partial charge in [-0.25, -0.2) is 4.79 Å². The van der Waals surface area contributed by atoms with Crippen molar-refractivity contribution in [1.29, 1.82) is 0 Å². The zero-order valence-electron chi connectivity index (χ0n) is 23.9. The van der Waals surface area contributed by atoms with Crippen molar-refractivity contribution in [3.8, 4) is 0 Å². The Morgan fingerprint density at radius 3 is 2.18 bits per heavy atom. The first kappa shape index (κ1) is 28.8. The fourth-order valence-electron chi connectivity index (χ4n) is 5.66. The largest absolute Gasteiger partial charge is 0.452 e. The number of hydrogen-bond acceptors (Lipinski definition) is 7. The Morgan fingerprint density at radius 1 is 0.727 bits per heavy atom. The van der Waals surface area contributed by atoms with Crippen LogP contribution in [0.25, 0.3) is 10.8 Å². The lowest BCUT2D eigenvalue weighted by Gasteiger charge is -2.48. The molecule has 0 aromatic heterocycles. The predicted octanol–water partition coefficient (Wildman–Crippen LogP) is 7.58. The van der Waals surface area contributed by atoms with Crippen molar-refractivity contribution in [2.24, 2.45) is 0 Å². The molecular weight excluding hydrogens is 572 g/mol. The molecule has 2 aliphatic heterocycles. The molecule has 6 atom stereocenters. The molecule has 2 fully saturated rings. The normalized spacial score (nSPS) is 24.8. The predicted molar refractivity (Wildman–Crippen MR) is 169 cm³/mol. The van der Waals surface area contributed by atoms with E-state index in [-0.39, 0.29) is 0 Å². The van der Waals surface area contributed by atoms with Crippen LogP contribution in [0.1, 0.15) is 27.8 Å². The van der Waals surface area contributed by atoms with Gasteiger partial charge < -0.3 is 23.7 Å². The average Bonchev–Trinajstić information content (AvgIpc) is 3.09. The van der Waals surface area contributed by atoms with Crippen LogP contribution >= 0.6 is 11.8 Å². The molecule has 5 aromatic carbocycles. The highest BCUT2D eigenvalue weighted by molar-refractivity contribution is 7.99. The van der Waals surface area contributed by atoms with Crippen LogP contribution in [0, 0.1) is 0 Å². The van der Waals surface area contributed by atoms with Gasteiger partial charge in [-0.3, -0.25) is 0 Å². The van der Waals surface area contributed by atoms with Crippen LogP contribution in [-0.4, -0.2) is 42.4 Å². The van der Waals surface area contributed by atoms with Crippen LogP contribution in [0.2, 0.25) is 0 Å². The minimum atomic E-state index is -0.774. The Hall–Kier alpha value is -3.98.